The summed E-state index contributed by atoms with van der Waals surface area (Å²) in [5.41, 5.74) is 0.188. The van der Waals surface area contributed by atoms with Crippen molar-refractivity contribution in [2.45, 2.75) is 33.2 Å². The molecule has 0 aliphatic heterocycles. The van der Waals surface area contributed by atoms with Crippen molar-refractivity contribution < 1.29 is 14.3 Å². The maximum absolute atomic E-state index is 11.9. The number of carbonyl (C=O) groups excluding carboxylic acids is 1. The van der Waals surface area contributed by atoms with Crippen molar-refractivity contribution in [2.75, 3.05) is 6.61 Å². The normalized spacial score (nSPS) is 13.5. The van der Waals surface area contributed by atoms with E-state index in [1.165, 1.54) is 12.3 Å². The number of halogens is 1. The van der Waals surface area contributed by atoms with Crippen LogP contribution in [0.1, 0.15) is 37.6 Å². The maximum atomic E-state index is 11.9. The van der Waals surface area contributed by atoms with E-state index in [1.54, 1.807) is 0 Å². The number of nitrogens with one attached hydrogen (secondary N) is 1. The van der Waals surface area contributed by atoms with Gasteiger partial charge in [-0.1, -0.05) is 20.8 Å². The lowest BCUT2D eigenvalue weighted by atomic mass is 9.85. The lowest BCUT2D eigenvalue weighted by Crippen LogP contribution is -2.44. The highest BCUT2D eigenvalue weighted by atomic mass is 35.5. The minimum Gasteiger partial charge on any atom is -0.452 e. The number of carbonyl (C=O) groups is 1. The molecule has 0 saturated carbocycles. The van der Waals surface area contributed by atoms with E-state index in [2.05, 4.69) is 5.32 Å². The largest absolute Gasteiger partial charge is 0.452 e. The van der Waals surface area contributed by atoms with Crippen LogP contribution in [0, 0.1) is 5.41 Å². The molecular formula is C12H18ClNO3. The zero-order chi connectivity index (χ0) is 13.1. The average molecular weight is 260 g/mol. The Morgan fingerprint density at radius 3 is 2.65 bits per heavy atom. The number of rotatable bonds is 4. The third-order valence-corrected chi connectivity index (χ3v) is 2.92. The molecule has 1 rings (SSSR count). The third-order valence-electron chi connectivity index (χ3n) is 2.63. The topological polar surface area (TPSA) is 62.5 Å². The molecule has 1 aromatic rings. The van der Waals surface area contributed by atoms with Gasteiger partial charge in [-0.05, 0) is 29.5 Å². The van der Waals surface area contributed by atoms with Crippen molar-refractivity contribution >= 4 is 17.5 Å². The number of hydrogen-bond acceptors (Lipinski definition) is 3. The lowest BCUT2D eigenvalue weighted by Gasteiger charge is -2.31. The Labute approximate surface area is 106 Å². The summed E-state index contributed by atoms with van der Waals surface area (Å²) in [5, 5.41) is 11.9. The van der Waals surface area contributed by atoms with Crippen molar-refractivity contribution in [3.05, 3.63) is 23.1 Å². The highest BCUT2D eigenvalue weighted by Crippen LogP contribution is 2.23. The minimum absolute atomic E-state index is 0.0291. The lowest BCUT2D eigenvalue weighted by molar-refractivity contribution is 0.0884. The second kappa shape index (κ2) is 5.56. The van der Waals surface area contributed by atoms with Gasteiger partial charge in [0.15, 0.2) is 0 Å². The van der Waals surface area contributed by atoms with Crippen molar-refractivity contribution in [3.63, 3.8) is 0 Å². The quantitative estimate of drug-likeness (QED) is 0.873. The molecule has 0 aliphatic carbocycles. The van der Waals surface area contributed by atoms with Gasteiger partial charge >= 0.3 is 0 Å². The molecule has 0 fully saturated rings. The molecule has 1 aromatic heterocycles. The van der Waals surface area contributed by atoms with Gasteiger partial charge in [-0.2, -0.15) is 0 Å². The minimum atomic E-state index is -0.280. The zero-order valence-corrected chi connectivity index (χ0v) is 11.0. The van der Waals surface area contributed by atoms with Crippen LogP contribution in [-0.4, -0.2) is 23.7 Å². The van der Waals surface area contributed by atoms with E-state index in [-0.39, 0.29) is 29.2 Å². The first-order valence-corrected chi connectivity index (χ1v) is 5.88. The molecule has 0 bridgehead atoms. The Morgan fingerprint density at radius 2 is 2.24 bits per heavy atom. The number of aliphatic hydroxyl groups excluding tert-OH is 1. The second-order valence-electron chi connectivity index (χ2n) is 5.01. The molecule has 1 atom stereocenters. The Morgan fingerprint density at radius 1 is 1.59 bits per heavy atom. The highest BCUT2D eigenvalue weighted by molar-refractivity contribution is 6.32. The first-order chi connectivity index (χ1) is 7.86. The molecule has 1 heterocycles. The number of aliphatic hydroxyl groups is 1. The van der Waals surface area contributed by atoms with Crippen molar-refractivity contribution in [1.29, 1.82) is 0 Å². The summed E-state index contributed by atoms with van der Waals surface area (Å²) in [5.74, 6) is -0.280. The summed E-state index contributed by atoms with van der Waals surface area (Å²) in [4.78, 5) is 11.9. The summed E-state index contributed by atoms with van der Waals surface area (Å²) in [6.45, 7) is 6.04. The third kappa shape index (κ3) is 3.75. The molecule has 17 heavy (non-hydrogen) atoms. The van der Waals surface area contributed by atoms with Crippen molar-refractivity contribution in [3.8, 4) is 0 Å². The highest BCUT2D eigenvalue weighted by Gasteiger charge is 2.27. The van der Waals surface area contributed by atoms with Crippen LogP contribution >= 0.6 is 11.6 Å². The summed E-state index contributed by atoms with van der Waals surface area (Å²) in [6.07, 6.45) is 1.88. The smallest absolute Gasteiger partial charge is 0.256 e. The summed E-state index contributed by atoms with van der Waals surface area (Å²) >= 11 is 5.73. The van der Waals surface area contributed by atoms with E-state index in [9.17, 15) is 4.79 Å². The van der Waals surface area contributed by atoms with Gasteiger partial charge in [0.05, 0.1) is 11.8 Å². The number of furan rings is 1. The summed E-state index contributed by atoms with van der Waals surface area (Å²) in [7, 11) is 0. The fourth-order valence-corrected chi connectivity index (χ4v) is 1.74. The van der Waals surface area contributed by atoms with E-state index < -0.39 is 0 Å². The SMILES string of the molecule is CC(C)(C)C(CCO)NC(=O)c1ccoc1Cl. The van der Waals surface area contributed by atoms with Crippen LogP contribution in [0.25, 0.3) is 0 Å². The van der Waals surface area contributed by atoms with Gasteiger partial charge in [0.2, 0.25) is 5.22 Å². The number of amides is 1. The van der Waals surface area contributed by atoms with Crippen molar-refractivity contribution in [1.82, 2.24) is 5.32 Å². The zero-order valence-electron chi connectivity index (χ0n) is 10.3. The number of hydrogen-bond donors (Lipinski definition) is 2. The van der Waals surface area contributed by atoms with E-state index in [1.807, 2.05) is 20.8 Å². The Kier molecular flexibility index (Phi) is 4.60. The molecule has 0 aromatic carbocycles. The Hall–Kier alpha value is -1.00. The summed E-state index contributed by atoms with van der Waals surface area (Å²) < 4.78 is 4.87. The molecule has 4 nitrogen and oxygen atoms in total. The maximum Gasteiger partial charge on any atom is 0.256 e. The van der Waals surface area contributed by atoms with Crippen LogP contribution in [0.4, 0.5) is 0 Å². The summed E-state index contributed by atoms with van der Waals surface area (Å²) in [6, 6.07) is 1.40. The van der Waals surface area contributed by atoms with Gasteiger partial charge in [0.1, 0.15) is 0 Å². The average Bonchev–Trinajstić information content (AvgIpc) is 2.62. The van der Waals surface area contributed by atoms with Gasteiger partial charge in [-0.25, -0.2) is 0 Å². The first-order valence-electron chi connectivity index (χ1n) is 5.51. The Bertz CT molecular complexity index is 381. The standard InChI is InChI=1S/C12H18ClNO3/c1-12(2,3)9(4-6-15)14-11(16)8-5-7-17-10(8)13/h5,7,9,15H,4,6H2,1-3H3,(H,14,16). The molecule has 2 N–H and O–H groups in total. The Balaban J connectivity index is 2.75. The van der Waals surface area contributed by atoms with Crippen LogP contribution < -0.4 is 5.32 Å². The molecule has 1 unspecified atom stereocenters. The second-order valence-corrected chi connectivity index (χ2v) is 5.36. The van der Waals surface area contributed by atoms with Crippen LogP contribution in [0.3, 0.4) is 0 Å². The molecule has 5 heteroatoms. The molecule has 1 amide bonds. The van der Waals surface area contributed by atoms with E-state index >= 15 is 0 Å². The van der Waals surface area contributed by atoms with E-state index in [4.69, 9.17) is 21.1 Å². The van der Waals surface area contributed by atoms with Crippen LogP contribution in [0.2, 0.25) is 5.22 Å². The van der Waals surface area contributed by atoms with Gasteiger partial charge in [0, 0.05) is 12.6 Å². The van der Waals surface area contributed by atoms with Crippen LogP contribution in [-0.2, 0) is 0 Å². The van der Waals surface area contributed by atoms with Crippen LogP contribution in [0.15, 0.2) is 16.7 Å². The van der Waals surface area contributed by atoms with Crippen molar-refractivity contribution in [2.24, 2.45) is 5.41 Å². The van der Waals surface area contributed by atoms with Crippen LogP contribution in [0.5, 0.6) is 0 Å². The molecule has 0 saturated heterocycles. The predicted octanol–water partition coefficient (Wildman–Crippen LogP) is 2.46. The van der Waals surface area contributed by atoms with E-state index in [0.29, 0.717) is 12.0 Å². The van der Waals surface area contributed by atoms with Gasteiger partial charge in [-0.3, -0.25) is 4.79 Å². The molecule has 0 radical (unpaired) electrons. The van der Waals surface area contributed by atoms with Gasteiger partial charge < -0.3 is 14.8 Å². The molecule has 0 spiro atoms. The molecular weight excluding hydrogens is 242 g/mol. The first kappa shape index (κ1) is 14.1. The predicted molar refractivity (Wildman–Crippen MR) is 66.1 cm³/mol. The fraction of sp³-hybridized carbons (Fsp3) is 0.583. The van der Waals surface area contributed by atoms with Gasteiger partial charge in [0.25, 0.3) is 5.91 Å². The monoisotopic (exact) mass is 259 g/mol. The fourth-order valence-electron chi connectivity index (χ4n) is 1.54. The molecule has 96 valence electrons. The van der Waals surface area contributed by atoms with Gasteiger partial charge in [-0.15, -0.1) is 0 Å². The van der Waals surface area contributed by atoms with E-state index in [0.717, 1.165) is 0 Å². The molecule has 0 aliphatic rings.